The van der Waals surface area contributed by atoms with Crippen LogP contribution in [0.2, 0.25) is 0 Å². The summed E-state index contributed by atoms with van der Waals surface area (Å²) < 4.78 is 45.6. The molecule has 0 amide bonds. The highest BCUT2D eigenvalue weighted by Gasteiger charge is 2.41. The van der Waals surface area contributed by atoms with Gasteiger partial charge in [0.15, 0.2) is 0 Å². The van der Waals surface area contributed by atoms with Crippen LogP contribution < -0.4 is 0 Å². The number of hydrogen-bond donors (Lipinski definition) is 1. The number of hydrogen-bond acceptors (Lipinski definition) is 4. The number of benzene rings is 1. The molecule has 0 saturated carbocycles. The molecule has 3 rings (SSSR count). The lowest BCUT2D eigenvalue weighted by molar-refractivity contribution is 0.188. The number of aliphatic hydroxyl groups excluding tert-OH is 1. The fourth-order valence-electron chi connectivity index (χ4n) is 3.03. The highest BCUT2D eigenvalue weighted by atomic mass is 32.2. The van der Waals surface area contributed by atoms with Crippen molar-refractivity contribution < 1.29 is 22.3 Å². The van der Waals surface area contributed by atoms with Gasteiger partial charge in [0.1, 0.15) is 22.2 Å². The third-order valence-corrected chi connectivity index (χ3v) is 6.05. The molecule has 2 unspecified atom stereocenters. The predicted octanol–water partition coefficient (Wildman–Crippen LogP) is 2.53. The zero-order valence-corrected chi connectivity index (χ0v) is 13.7. The van der Waals surface area contributed by atoms with Crippen LogP contribution in [0.25, 0.3) is 0 Å². The maximum Gasteiger partial charge on any atom is 0.247 e. The number of rotatable bonds is 3. The van der Waals surface area contributed by atoms with Crippen LogP contribution in [0.15, 0.2) is 39.6 Å². The van der Waals surface area contributed by atoms with E-state index >= 15 is 0 Å². The van der Waals surface area contributed by atoms with Gasteiger partial charge in [-0.15, -0.1) is 0 Å². The lowest BCUT2D eigenvalue weighted by Crippen LogP contribution is -2.32. The van der Waals surface area contributed by atoms with Gasteiger partial charge >= 0.3 is 0 Å². The highest BCUT2D eigenvalue weighted by Crippen LogP contribution is 2.38. The van der Waals surface area contributed by atoms with Crippen molar-refractivity contribution in [3.05, 3.63) is 53.2 Å². The van der Waals surface area contributed by atoms with Gasteiger partial charge in [-0.25, -0.2) is 12.8 Å². The smallest absolute Gasteiger partial charge is 0.247 e. The first kappa shape index (κ1) is 16.2. The Morgan fingerprint density at radius 2 is 1.91 bits per heavy atom. The molecule has 2 aromatic rings. The maximum absolute atomic E-state index is 13.1. The van der Waals surface area contributed by atoms with E-state index in [4.69, 9.17) is 4.42 Å². The van der Waals surface area contributed by atoms with Crippen LogP contribution in [0.1, 0.15) is 29.5 Å². The van der Waals surface area contributed by atoms with Gasteiger partial charge in [-0.05, 0) is 44.0 Å². The first-order valence-electron chi connectivity index (χ1n) is 7.31. The Morgan fingerprint density at radius 3 is 2.48 bits per heavy atom. The number of aryl methyl sites for hydroxylation is 2. The van der Waals surface area contributed by atoms with Crippen molar-refractivity contribution in [1.82, 2.24) is 4.31 Å². The number of furan rings is 1. The van der Waals surface area contributed by atoms with E-state index in [0.29, 0.717) is 17.1 Å². The van der Waals surface area contributed by atoms with E-state index < -0.39 is 22.2 Å². The van der Waals surface area contributed by atoms with Crippen molar-refractivity contribution >= 4 is 10.0 Å². The number of aliphatic hydroxyl groups is 1. The standard InChI is InChI=1S/C16H18FNO4S/c1-10-7-16(11(2)22-10)23(20,21)18-9-14(19)8-15(18)12-3-5-13(17)6-4-12/h3-7,14-15,19H,8-9H2,1-2H3. The van der Waals surface area contributed by atoms with Crippen molar-refractivity contribution in [3.63, 3.8) is 0 Å². The zero-order valence-electron chi connectivity index (χ0n) is 12.9. The second-order valence-electron chi connectivity index (χ2n) is 5.81. The molecule has 1 aliphatic rings. The van der Waals surface area contributed by atoms with Gasteiger partial charge in [0.25, 0.3) is 0 Å². The summed E-state index contributed by atoms with van der Waals surface area (Å²) >= 11 is 0. The van der Waals surface area contributed by atoms with Crippen LogP contribution in [0.3, 0.4) is 0 Å². The van der Waals surface area contributed by atoms with Crippen LogP contribution >= 0.6 is 0 Å². The Hall–Kier alpha value is -1.70. The SMILES string of the molecule is Cc1cc(S(=O)(=O)N2CC(O)CC2c2ccc(F)cc2)c(C)o1. The molecule has 0 radical (unpaired) electrons. The van der Waals surface area contributed by atoms with Gasteiger partial charge in [-0.1, -0.05) is 12.1 Å². The van der Waals surface area contributed by atoms with Gasteiger partial charge in [0.05, 0.1) is 12.1 Å². The largest absolute Gasteiger partial charge is 0.465 e. The molecule has 7 heteroatoms. The van der Waals surface area contributed by atoms with Crippen molar-refractivity contribution in [1.29, 1.82) is 0 Å². The molecule has 1 aromatic heterocycles. The van der Waals surface area contributed by atoms with E-state index in [1.807, 2.05) is 0 Å². The third-order valence-electron chi connectivity index (χ3n) is 4.07. The van der Waals surface area contributed by atoms with Crippen molar-refractivity contribution in [2.45, 2.75) is 37.3 Å². The van der Waals surface area contributed by atoms with E-state index in [1.54, 1.807) is 26.0 Å². The van der Waals surface area contributed by atoms with Crippen molar-refractivity contribution in [3.8, 4) is 0 Å². The summed E-state index contributed by atoms with van der Waals surface area (Å²) in [5.74, 6) is 0.448. The summed E-state index contributed by atoms with van der Waals surface area (Å²) in [4.78, 5) is 0.108. The summed E-state index contributed by atoms with van der Waals surface area (Å²) in [7, 11) is -3.80. The second kappa shape index (κ2) is 5.74. The normalized spacial score (nSPS) is 22.6. The number of nitrogens with zero attached hydrogens (tertiary/aromatic N) is 1. The van der Waals surface area contributed by atoms with E-state index in [1.165, 1.54) is 22.5 Å². The molecule has 0 aliphatic carbocycles. The molecular weight excluding hydrogens is 321 g/mol. The fraction of sp³-hybridized carbons (Fsp3) is 0.375. The second-order valence-corrected chi connectivity index (χ2v) is 7.67. The minimum Gasteiger partial charge on any atom is -0.465 e. The zero-order chi connectivity index (χ0) is 16.8. The molecule has 0 bridgehead atoms. The van der Waals surface area contributed by atoms with Gasteiger partial charge in [0, 0.05) is 6.54 Å². The predicted molar refractivity (Wildman–Crippen MR) is 81.8 cm³/mol. The Morgan fingerprint density at radius 1 is 1.26 bits per heavy atom. The molecular formula is C16H18FNO4S. The minimum absolute atomic E-state index is 0.00798. The topological polar surface area (TPSA) is 70.8 Å². The summed E-state index contributed by atoms with van der Waals surface area (Å²) in [5, 5.41) is 9.97. The van der Waals surface area contributed by atoms with E-state index in [-0.39, 0.29) is 23.7 Å². The molecule has 1 fully saturated rings. The van der Waals surface area contributed by atoms with Crippen LogP contribution in [0, 0.1) is 19.7 Å². The Labute approximate surface area is 134 Å². The quantitative estimate of drug-likeness (QED) is 0.933. The summed E-state index contributed by atoms with van der Waals surface area (Å²) in [6, 6.07) is 6.64. The van der Waals surface area contributed by atoms with Gasteiger partial charge in [-0.3, -0.25) is 0 Å². The van der Waals surface area contributed by atoms with Crippen LogP contribution in [-0.2, 0) is 10.0 Å². The Bertz CT molecular complexity index is 813. The molecule has 1 aromatic carbocycles. The average molecular weight is 339 g/mol. The Kier molecular flexibility index (Phi) is 4.03. The first-order valence-corrected chi connectivity index (χ1v) is 8.75. The molecule has 124 valence electrons. The molecule has 5 nitrogen and oxygen atoms in total. The Balaban J connectivity index is 2.02. The van der Waals surface area contributed by atoms with E-state index in [2.05, 4.69) is 0 Å². The number of β-amino-alcohol motifs (C(OH)–C–C–N with tert-alkyl or cyclic N) is 1. The van der Waals surface area contributed by atoms with Crippen LogP contribution in [0.4, 0.5) is 4.39 Å². The summed E-state index contributed by atoms with van der Waals surface area (Å²) in [6.45, 7) is 3.29. The van der Waals surface area contributed by atoms with Crippen molar-refractivity contribution in [2.24, 2.45) is 0 Å². The summed E-state index contributed by atoms with van der Waals surface area (Å²) in [5.41, 5.74) is 0.657. The molecule has 1 saturated heterocycles. The first-order chi connectivity index (χ1) is 10.8. The molecule has 2 heterocycles. The molecule has 1 N–H and O–H groups in total. The minimum atomic E-state index is -3.80. The fourth-order valence-corrected chi connectivity index (χ4v) is 4.91. The molecule has 23 heavy (non-hydrogen) atoms. The van der Waals surface area contributed by atoms with Gasteiger partial charge in [-0.2, -0.15) is 4.31 Å². The lowest BCUT2D eigenvalue weighted by Gasteiger charge is -2.23. The average Bonchev–Trinajstić information content (AvgIpc) is 3.03. The molecule has 2 atom stereocenters. The van der Waals surface area contributed by atoms with Crippen LogP contribution in [0.5, 0.6) is 0 Å². The van der Waals surface area contributed by atoms with Crippen molar-refractivity contribution in [2.75, 3.05) is 6.54 Å². The monoisotopic (exact) mass is 339 g/mol. The number of sulfonamides is 1. The third kappa shape index (κ3) is 2.91. The lowest BCUT2D eigenvalue weighted by atomic mass is 10.0. The molecule has 0 spiro atoms. The van der Waals surface area contributed by atoms with Gasteiger partial charge < -0.3 is 9.52 Å². The van der Waals surface area contributed by atoms with Gasteiger partial charge in [0.2, 0.25) is 10.0 Å². The highest BCUT2D eigenvalue weighted by molar-refractivity contribution is 7.89. The van der Waals surface area contributed by atoms with Crippen LogP contribution in [-0.4, -0.2) is 30.5 Å². The van der Waals surface area contributed by atoms with E-state index in [9.17, 15) is 17.9 Å². The van der Waals surface area contributed by atoms with E-state index in [0.717, 1.165) is 0 Å². The maximum atomic E-state index is 13.1. The molecule has 1 aliphatic heterocycles. The number of halogens is 1. The summed E-state index contributed by atoms with van der Waals surface area (Å²) in [6.07, 6.45) is -0.478.